The van der Waals surface area contributed by atoms with Gasteiger partial charge < -0.3 is 29.0 Å². The maximum Gasteiger partial charge on any atom is 0.323 e. The molecule has 0 bridgehead atoms. The number of methoxy groups -OCH3 is 1. The lowest BCUT2D eigenvalue weighted by Gasteiger charge is -2.24. The van der Waals surface area contributed by atoms with Crippen LogP contribution in [-0.2, 0) is 25.4 Å². The maximum absolute atomic E-state index is 14.1. The number of carbonyl (C=O) groups is 1. The van der Waals surface area contributed by atoms with Crippen LogP contribution in [0.15, 0.2) is 61.1 Å². The van der Waals surface area contributed by atoms with Crippen LogP contribution in [0.2, 0.25) is 0 Å². The molecule has 16 heteroatoms. The molecule has 47 heavy (non-hydrogen) atoms. The monoisotopic (exact) mass is 667 g/mol. The second-order valence-corrected chi connectivity index (χ2v) is 12.2. The molecule has 2 aromatic carbocycles. The first-order chi connectivity index (χ1) is 22.7. The topological polar surface area (TPSA) is 158 Å². The second-order valence-electron chi connectivity index (χ2n) is 10.9. The molecule has 5 atom stereocenters. The number of rotatable bonds is 12. The van der Waals surface area contributed by atoms with Crippen LogP contribution in [0.4, 0.5) is 14.7 Å². The molecule has 1 fully saturated rings. The number of pyridine rings is 1. The third-order valence-electron chi connectivity index (χ3n) is 7.53. The van der Waals surface area contributed by atoms with Crippen LogP contribution >= 0.6 is 8.53 Å². The third kappa shape index (κ3) is 7.23. The van der Waals surface area contributed by atoms with Crippen LogP contribution in [-0.4, -0.2) is 56.3 Å². The number of halogens is 2. The smallest absolute Gasteiger partial charge is 0.323 e. The van der Waals surface area contributed by atoms with Crippen molar-refractivity contribution in [1.29, 1.82) is 0 Å². The van der Waals surface area contributed by atoms with Crippen LogP contribution in [0.3, 0.4) is 0 Å². The Morgan fingerprint density at radius 1 is 1.19 bits per heavy atom. The zero-order valence-electron chi connectivity index (χ0n) is 25.7. The lowest BCUT2D eigenvalue weighted by molar-refractivity contribution is -0.146. The van der Waals surface area contributed by atoms with Gasteiger partial charge in [0.1, 0.15) is 36.3 Å². The number of nitrogens with one attached hydrogen (secondary N) is 1. The Labute approximate surface area is 269 Å². The summed E-state index contributed by atoms with van der Waals surface area (Å²) in [7, 11) is -0.458. The minimum Gasteiger partial charge on any atom is -0.479 e. The SMILES string of the molecule is COc1nc(N)nc2c1ncn2C1O[C@H](COP(NC(C)C(=O)OCc2ccc(F)cc2F)Oc2cccc3ncccc23)CC1C. The summed E-state index contributed by atoms with van der Waals surface area (Å²) in [5, 5.41) is 3.82. The van der Waals surface area contributed by atoms with E-state index in [0.717, 1.165) is 23.0 Å². The highest BCUT2D eigenvalue weighted by molar-refractivity contribution is 7.45. The largest absolute Gasteiger partial charge is 0.479 e. The predicted octanol–water partition coefficient (Wildman–Crippen LogP) is 5.21. The van der Waals surface area contributed by atoms with Crippen molar-refractivity contribution in [1.82, 2.24) is 29.6 Å². The number of imidazole rings is 1. The van der Waals surface area contributed by atoms with E-state index in [2.05, 4.69) is 25.0 Å². The number of hydrogen-bond donors (Lipinski definition) is 2. The summed E-state index contributed by atoms with van der Waals surface area (Å²) >= 11 is 0. The molecule has 0 amide bonds. The van der Waals surface area contributed by atoms with E-state index < -0.39 is 38.4 Å². The summed E-state index contributed by atoms with van der Waals surface area (Å²) < 4.78 is 58.7. The van der Waals surface area contributed by atoms with Crippen molar-refractivity contribution in [2.45, 2.75) is 45.2 Å². The standard InChI is InChI=1S/C31H32F2N7O6P/c1-17-12-21(45-29(17)40-16-36-26-27(40)37-31(34)38-28(26)42-3)15-44-47(46-25-8-4-7-24-22(25)6-5-11-35-24)39-18(2)30(41)43-14-19-9-10-20(32)13-23(19)33/h4-11,13,16-18,21,29,39H,12,14-15H2,1-3H3,(H2,34,37,38)/t17?,18?,21-,29?,47?/m0/s1. The number of nitrogens with zero attached hydrogens (tertiary/aromatic N) is 5. The average Bonchev–Trinajstić information content (AvgIpc) is 3.65. The molecular weight excluding hydrogens is 635 g/mol. The molecular formula is C31H32F2N7O6P. The zero-order valence-corrected chi connectivity index (χ0v) is 26.6. The Kier molecular flexibility index (Phi) is 9.68. The number of fused-ring (bicyclic) bond motifs is 2. The minimum atomic E-state index is -1.94. The first-order valence-electron chi connectivity index (χ1n) is 14.7. The van der Waals surface area contributed by atoms with Gasteiger partial charge >= 0.3 is 14.5 Å². The van der Waals surface area contributed by atoms with Crippen molar-refractivity contribution < 1.29 is 36.8 Å². The number of hydrogen-bond acceptors (Lipinski definition) is 12. The van der Waals surface area contributed by atoms with Crippen LogP contribution in [0.25, 0.3) is 22.1 Å². The molecule has 0 radical (unpaired) electrons. The second kappa shape index (κ2) is 14.1. The first kappa shape index (κ1) is 32.4. The fourth-order valence-corrected chi connectivity index (χ4v) is 6.45. The molecule has 3 aromatic heterocycles. The van der Waals surface area contributed by atoms with Crippen LogP contribution in [0.5, 0.6) is 11.6 Å². The molecule has 0 aliphatic carbocycles. The molecule has 1 saturated heterocycles. The van der Waals surface area contributed by atoms with Gasteiger partial charge in [0.25, 0.3) is 0 Å². The number of ether oxygens (including phenoxy) is 3. The number of benzene rings is 2. The highest BCUT2D eigenvalue weighted by atomic mass is 31.2. The Morgan fingerprint density at radius 3 is 2.85 bits per heavy atom. The average molecular weight is 668 g/mol. The number of nitrogens with two attached hydrogens (primary N) is 1. The van der Waals surface area contributed by atoms with Crippen molar-refractivity contribution in [2.75, 3.05) is 19.5 Å². The van der Waals surface area contributed by atoms with Gasteiger partial charge in [-0.1, -0.05) is 13.0 Å². The maximum atomic E-state index is 14.1. The van der Waals surface area contributed by atoms with Crippen molar-refractivity contribution in [3.8, 4) is 11.6 Å². The summed E-state index contributed by atoms with van der Waals surface area (Å²) in [6, 6.07) is 11.2. The van der Waals surface area contributed by atoms with Gasteiger partial charge in [-0.25, -0.2) is 18.9 Å². The number of anilines is 1. The van der Waals surface area contributed by atoms with E-state index in [0.29, 0.717) is 23.3 Å². The van der Waals surface area contributed by atoms with Crippen molar-refractivity contribution >= 4 is 42.5 Å². The van der Waals surface area contributed by atoms with E-state index >= 15 is 0 Å². The molecule has 1 aliphatic heterocycles. The third-order valence-corrected chi connectivity index (χ3v) is 8.87. The van der Waals surface area contributed by atoms with Crippen LogP contribution in [0.1, 0.15) is 32.1 Å². The lowest BCUT2D eigenvalue weighted by Crippen LogP contribution is -2.34. The molecule has 5 aromatic rings. The Bertz CT molecular complexity index is 1890. The van der Waals surface area contributed by atoms with Crippen molar-refractivity contribution in [2.24, 2.45) is 5.92 Å². The highest BCUT2D eigenvalue weighted by Crippen LogP contribution is 2.42. The number of carbonyl (C=O) groups excluding carboxylic acids is 1. The minimum absolute atomic E-state index is 0.0466. The van der Waals surface area contributed by atoms with Gasteiger partial charge in [0.15, 0.2) is 11.2 Å². The Hall–Kier alpha value is -4.56. The summed E-state index contributed by atoms with van der Waals surface area (Å²) in [5.74, 6) is -1.34. The summed E-state index contributed by atoms with van der Waals surface area (Å²) in [5.41, 5.74) is 7.61. The fraction of sp³-hybridized carbons (Fsp3) is 0.323. The van der Waals surface area contributed by atoms with Crippen molar-refractivity contribution in [3.05, 3.63) is 78.3 Å². The van der Waals surface area contributed by atoms with Gasteiger partial charge in [-0.05, 0) is 49.7 Å². The molecule has 0 saturated carbocycles. The van der Waals surface area contributed by atoms with Gasteiger partial charge in [-0.2, -0.15) is 9.97 Å². The Balaban J connectivity index is 1.15. The summed E-state index contributed by atoms with van der Waals surface area (Å²) in [4.78, 5) is 30.1. The fourth-order valence-electron chi connectivity index (χ4n) is 5.21. The predicted molar refractivity (Wildman–Crippen MR) is 168 cm³/mol. The van der Waals surface area contributed by atoms with Gasteiger partial charge in [0.05, 0.1) is 31.7 Å². The lowest BCUT2D eigenvalue weighted by atomic mass is 10.1. The van der Waals surface area contributed by atoms with E-state index in [4.69, 9.17) is 29.0 Å². The molecule has 3 N–H and O–H groups in total. The van der Waals surface area contributed by atoms with Crippen LogP contribution in [0, 0.1) is 17.6 Å². The van der Waals surface area contributed by atoms with Gasteiger partial charge in [-0.3, -0.25) is 14.3 Å². The van der Waals surface area contributed by atoms with E-state index in [1.165, 1.54) is 13.2 Å². The number of aromatic nitrogens is 5. The number of esters is 1. The van der Waals surface area contributed by atoms with Crippen LogP contribution < -0.4 is 20.1 Å². The molecule has 4 unspecified atom stereocenters. The zero-order chi connectivity index (χ0) is 33.1. The van der Waals surface area contributed by atoms with Gasteiger partial charge in [0.2, 0.25) is 11.8 Å². The van der Waals surface area contributed by atoms with E-state index in [1.54, 1.807) is 42.2 Å². The molecule has 4 heterocycles. The Morgan fingerprint density at radius 2 is 2.04 bits per heavy atom. The van der Waals surface area contributed by atoms with E-state index in [-0.39, 0.29) is 42.6 Å². The summed E-state index contributed by atoms with van der Waals surface area (Å²) in [6.45, 7) is 3.37. The van der Waals surface area contributed by atoms with Gasteiger partial charge in [-0.15, -0.1) is 0 Å². The van der Waals surface area contributed by atoms with E-state index in [1.807, 2.05) is 19.1 Å². The molecule has 1 aliphatic rings. The quantitative estimate of drug-likeness (QED) is 0.132. The van der Waals surface area contributed by atoms with Crippen molar-refractivity contribution in [3.63, 3.8) is 0 Å². The molecule has 246 valence electrons. The van der Waals surface area contributed by atoms with E-state index in [9.17, 15) is 13.6 Å². The molecule has 13 nitrogen and oxygen atoms in total. The molecule has 0 spiro atoms. The molecule has 6 rings (SSSR count). The highest BCUT2D eigenvalue weighted by Gasteiger charge is 2.36. The first-order valence-corrected chi connectivity index (χ1v) is 15.9. The van der Waals surface area contributed by atoms with Gasteiger partial charge in [0, 0.05) is 29.1 Å². The summed E-state index contributed by atoms with van der Waals surface area (Å²) in [6.07, 6.45) is 3.17. The number of nitrogen functional groups attached to an aromatic ring is 1. The normalized spacial score (nSPS) is 19.1.